The summed E-state index contributed by atoms with van der Waals surface area (Å²) < 4.78 is 0. The molecular weight excluding hydrogens is 254 g/mol. The van der Waals surface area contributed by atoms with Crippen LogP contribution in [0.15, 0.2) is 18.2 Å². The SMILES string of the molecule is Cc1cccc(CN2CC(=O)NC(C(C)(C)C)C2=O)n1. The first kappa shape index (κ1) is 14.5. The zero-order valence-corrected chi connectivity index (χ0v) is 12.4. The standard InChI is InChI=1S/C15H21N3O2/c1-10-6-5-7-11(16-10)8-18-9-12(19)17-13(14(18)20)15(2,3)4/h5-7,13H,8-9H2,1-4H3,(H,17,19). The molecule has 1 unspecified atom stereocenters. The van der Waals surface area contributed by atoms with Gasteiger partial charge in [0.2, 0.25) is 11.8 Å². The van der Waals surface area contributed by atoms with Crippen LogP contribution in [-0.4, -0.2) is 34.3 Å². The molecule has 0 saturated carbocycles. The minimum Gasteiger partial charge on any atom is -0.342 e. The molecule has 0 aromatic carbocycles. The lowest BCUT2D eigenvalue weighted by Crippen LogP contribution is -2.61. The molecule has 0 radical (unpaired) electrons. The van der Waals surface area contributed by atoms with Crippen molar-refractivity contribution in [2.75, 3.05) is 6.54 Å². The molecule has 1 saturated heterocycles. The van der Waals surface area contributed by atoms with Gasteiger partial charge in [-0.1, -0.05) is 26.8 Å². The fourth-order valence-electron chi connectivity index (χ4n) is 2.31. The van der Waals surface area contributed by atoms with E-state index in [1.165, 1.54) is 0 Å². The van der Waals surface area contributed by atoms with Gasteiger partial charge in [-0.3, -0.25) is 14.6 Å². The molecule has 1 aromatic heterocycles. The third-order valence-corrected chi connectivity index (χ3v) is 3.36. The van der Waals surface area contributed by atoms with Crippen LogP contribution in [0.3, 0.4) is 0 Å². The Morgan fingerprint density at radius 2 is 2.05 bits per heavy atom. The largest absolute Gasteiger partial charge is 0.342 e. The quantitative estimate of drug-likeness (QED) is 0.884. The Morgan fingerprint density at radius 3 is 2.65 bits per heavy atom. The number of aryl methyl sites for hydroxylation is 1. The molecule has 5 heteroatoms. The van der Waals surface area contributed by atoms with Crippen LogP contribution < -0.4 is 5.32 Å². The van der Waals surface area contributed by atoms with Crippen LogP contribution in [0.2, 0.25) is 0 Å². The van der Waals surface area contributed by atoms with E-state index in [1.54, 1.807) is 4.90 Å². The molecule has 5 nitrogen and oxygen atoms in total. The van der Waals surface area contributed by atoms with Gasteiger partial charge in [-0.05, 0) is 24.5 Å². The molecule has 1 atom stereocenters. The van der Waals surface area contributed by atoms with Crippen LogP contribution in [-0.2, 0) is 16.1 Å². The van der Waals surface area contributed by atoms with Gasteiger partial charge in [-0.15, -0.1) is 0 Å². The van der Waals surface area contributed by atoms with Gasteiger partial charge in [0, 0.05) is 5.69 Å². The van der Waals surface area contributed by atoms with Crippen molar-refractivity contribution < 1.29 is 9.59 Å². The summed E-state index contributed by atoms with van der Waals surface area (Å²) in [6.07, 6.45) is 0. The van der Waals surface area contributed by atoms with E-state index >= 15 is 0 Å². The van der Waals surface area contributed by atoms with E-state index < -0.39 is 6.04 Å². The van der Waals surface area contributed by atoms with Crippen LogP contribution in [0.1, 0.15) is 32.2 Å². The Balaban J connectivity index is 2.18. The fourth-order valence-corrected chi connectivity index (χ4v) is 2.31. The average Bonchev–Trinajstić information content (AvgIpc) is 2.32. The molecule has 108 valence electrons. The Kier molecular flexibility index (Phi) is 3.79. The summed E-state index contributed by atoms with van der Waals surface area (Å²) in [5.41, 5.74) is 1.41. The number of hydrogen-bond donors (Lipinski definition) is 1. The Labute approximate surface area is 119 Å². The van der Waals surface area contributed by atoms with E-state index in [1.807, 2.05) is 45.9 Å². The minimum absolute atomic E-state index is 0.0413. The van der Waals surface area contributed by atoms with Gasteiger partial charge < -0.3 is 10.2 Å². The van der Waals surface area contributed by atoms with Crippen LogP contribution >= 0.6 is 0 Å². The molecule has 1 N–H and O–H groups in total. The monoisotopic (exact) mass is 275 g/mol. The molecule has 2 rings (SSSR count). The Morgan fingerprint density at radius 1 is 1.35 bits per heavy atom. The molecular formula is C15H21N3O2. The van der Waals surface area contributed by atoms with E-state index in [0.29, 0.717) is 6.54 Å². The lowest BCUT2D eigenvalue weighted by atomic mass is 9.85. The van der Waals surface area contributed by atoms with Gasteiger partial charge in [-0.2, -0.15) is 0 Å². The third-order valence-electron chi connectivity index (χ3n) is 3.36. The number of carbonyl (C=O) groups excluding carboxylic acids is 2. The number of pyridine rings is 1. The third kappa shape index (κ3) is 3.15. The van der Waals surface area contributed by atoms with Crippen LogP contribution in [0.25, 0.3) is 0 Å². The maximum atomic E-state index is 12.5. The lowest BCUT2D eigenvalue weighted by molar-refractivity contribution is -0.148. The van der Waals surface area contributed by atoms with Gasteiger partial charge in [0.25, 0.3) is 0 Å². The number of piperazine rings is 1. The molecule has 1 aliphatic heterocycles. The smallest absolute Gasteiger partial charge is 0.246 e. The van der Waals surface area contributed by atoms with Crippen molar-refractivity contribution in [3.05, 3.63) is 29.6 Å². The van der Waals surface area contributed by atoms with Crippen LogP contribution in [0, 0.1) is 12.3 Å². The zero-order chi connectivity index (χ0) is 14.9. The molecule has 0 bridgehead atoms. The number of nitrogens with zero attached hydrogens (tertiary/aromatic N) is 2. The summed E-state index contributed by atoms with van der Waals surface area (Å²) in [5, 5.41) is 2.78. The molecule has 1 aromatic rings. The predicted molar refractivity (Wildman–Crippen MR) is 75.8 cm³/mol. The second-order valence-electron chi connectivity index (χ2n) is 6.33. The topological polar surface area (TPSA) is 62.3 Å². The number of hydrogen-bond acceptors (Lipinski definition) is 3. The number of carbonyl (C=O) groups is 2. The van der Waals surface area contributed by atoms with Crippen molar-refractivity contribution in [1.82, 2.24) is 15.2 Å². The van der Waals surface area contributed by atoms with Crippen molar-refractivity contribution in [2.24, 2.45) is 5.41 Å². The molecule has 0 spiro atoms. The molecule has 0 aliphatic carbocycles. The number of nitrogens with one attached hydrogen (secondary N) is 1. The van der Waals surface area contributed by atoms with Crippen LogP contribution in [0.5, 0.6) is 0 Å². The van der Waals surface area contributed by atoms with E-state index in [-0.39, 0.29) is 23.8 Å². The van der Waals surface area contributed by atoms with Crippen molar-refractivity contribution in [3.63, 3.8) is 0 Å². The van der Waals surface area contributed by atoms with Gasteiger partial charge in [0.1, 0.15) is 12.6 Å². The molecule has 20 heavy (non-hydrogen) atoms. The number of rotatable bonds is 2. The highest BCUT2D eigenvalue weighted by Gasteiger charge is 2.39. The molecule has 1 fully saturated rings. The summed E-state index contributed by atoms with van der Waals surface area (Å²) >= 11 is 0. The number of amides is 2. The van der Waals surface area contributed by atoms with E-state index in [2.05, 4.69) is 10.3 Å². The summed E-state index contributed by atoms with van der Waals surface area (Å²) in [5.74, 6) is -0.155. The second kappa shape index (κ2) is 5.23. The minimum atomic E-state index is -0.478. The first-order valence-corrected chi connectivity index (χ1v) is 6.78. The second-order valence-corrected chi connectivity index (χ2v) is 6.33. The lowest BCUT2D eigenvalue weighted by Gasteiger charge is -2.38. The van der Waals surface area contributed by atoms with Crippen molar-refractivity contribution >= 4 is 11.8 Å². The van der Waals surface area contributed by atoms with Crippen LogP contribution in [0.4, 0.5) is 0 Å². The van der Waals surface area contributed by atoms with E-state index in [4.69, 9.17) is 0 Å². The highest BCUT2D eigenvalue weighted by Crippen LogP contribution is 2.23. The van der Waals surface area contributed by atoms with Crippen molar-refractivity contribution in [1.29, 1.82) is 0 Å². The fraction of sp³-hybridized carbons (Fsp3) is 0.533. The number of aromatic nitrogens is 1. The zero-order valence-electron chi connectivity index (χ0n) is 12.4. The maximum absolute atomic E-state index is 12.5. The van der Waals surface area contributed by atoms with Gasteiger partial charge in [0.05, 0.1) is 12.2 Å². The summed E-state index contributed by atoms with van der Waals surface area (Å²) in [6.45, 7) is 8.23. The normalized spacial score (nSPS) is 20.0. The van der Waals surface area contributed by atoms with Crippen molar-refractivity contribution in [2.45, 2.75) is 40.3 Å². The van der Waals surface area contributed by atoms with Gasteiger partial charge >= 0.3 is 0 Å². The highest BCUT2D eigenvalue weighted by molar-refractivity contribution is 5.95. The first-order chi connectivity index (χ1) is 9.27. The van der Waals surface area contributed by atoms with E-state index in [0.717, 1.165) is 11.4 Å². The predicted octanol–water partition coefficient (Wildman–Crippen LogP) is 1.26. The molecule has 2 amide bonds. The Hall–Kier alpha value is -1.91. The summed E-state index contributed by atoms with van der Waals surface area (Å²) in [7, 11) is 0. The van der Waals surface area contributed by atoms with E-state index in [9.17, 15) is 9.59 Å². The molecule has 1 aliphatic rings. The summed E-state index contributed by atoms with van der Waals surface area (Å²) in [6, 6.07) is 5.21. The van der Waals surface area contributed by atoms with Gasteiger partial charge in [0.15, 0.2) is 0 Å². The van der Waals surface area contributed by atoms with Crippen molar-refractivity contribution in [3.8, 4) is 0 Å². The first-order valence-electron chi connectivity index (χ1n) is 6.78. The summed E-state index contributed by atoms with van der Waals surface area (Å²) in [4.78, 5) is 30.3. The Bertz CT molecular complexity index is 534. The maximum Gasteiger partial charge on any atom is 0.246 e. The highest BCUT2D eigenvalue weighted by atomic mass is 16.2. The van der Waals surface area contributed by atoms with Gasteiger partial charge in [-0.25, -0.2) is 0 Å². The molecule has 2 heterocycles. The average molecular weight is 275 g/mol.